The summed E-state index contributed by atoms with van der Waals surface area (Å²) < 4.78 is 45.1. The molecule has 0 saturated heterocycles. The third-order valence-corrected chi connectivity index (χ3v) is 3.87. The molecule has 2 nitrogen and oxygen atoms in total. The van der Waals surface area contributed by atoms with Gasteiger partial charge in [-0.3, -0.25) is 4.99 Å². The molecule has 0 aliphatic heterocycles. The van der Waals surface area contributed by atoms with Gasteiger partial charge in [-0.25, -0.2) is 0 Å². The van der Waals surface area contributed by atoms with Crippen molar-refractivity contribution in [2.45, 2.75) is 12.7 Å². The van der Waals surface area contributed by atoms with Gasteiger partial charge in [-0.15, -0.1) is 0 Å². The van der Waals surface area contributed by atoms with Gasteiger partial charge in [-0.05, 0) is 46.7 Å². The van der Waals surface area contributed by atoms with Crippen LogP contribution >= 0.6 is 0 Å². The zero-order valence-electron chi connectivity index (χ0n) is 13.5. The van der Waals surface area contributed by atoms with E-state index >= 15 is 0 Å². The second kappa shape index (κ2) is 6.97. The van der Waals surface area contributed by atoms with E-state index in [9.17, 15) is 13.2 Å². The molecule has 0 N–H and O–H groups in total. The fourth-order valence-electron chi connectivity index (χ4n) is 2.60. The average molecular weight is 343 g/mol. The molecule has 128 valence electrons. The maximum atomic E-state index is 13.4. The summed E-state index contributed by atoms with van der Waals surface area (Å²) in [5, 5.41) is 2.02. The van der Waals surface area contributed by atoms with Gasteiger partial charge in [0.2, 0.25) is 0 Å². The molecular formula is C20H16F3NO. The van der Waals surface area contributed by atoms with Crippen molar-refractivity contribution in [3.63, 3.8) is 0 Å². The third-order valence-electron chi connectivity index (χ3n) is 3.87. The zero-order chi connectivity index (χ0) is 17.9. The highest BCUT2D eigenvalue weighted by Gasteiger charge is 2.36. The van der Waals surface area contributed by atoms with Crippen molar-refractivity contribution >= 4 is 16.5 Å². The normalized spacial score (nSPS) is 12.4. The van der Waals surface area contributed by atoms with Crippen molar-refractivity contribution in [2.75, 3.05) is 7.11 Å². The summed E-state index contributed by atoms with van der Waals surface area (Å²) in [7, 11) is 1.47. The minimum Gasteiger partial charge on any atom is -0.497 e. The smallest absolute Gasteiger partial charge is 0.433 e. The number of rotatable bonds is 4. The average Bonchev–Trinajstić information content (AvgIpc) is 2.61. The first kappa shape index (κ1) is 17.0. The molecule has 0 unspecified atom stereocenters. The summed E-state index contributed by atoms with van der Waals surface area (Å²) in [5.41, 5.74) is -0.133. The lowest BCUT2D eigenvalue weighted by Crippen LogP contribution is -2.24. The van der Waals surface area contributed by atoms with Crippen molar-refractivity contribution in [3.05, 3.63) is 77.9 Å². The first-order valence-electron chi connectivity index (χ1n) is 7.71. The predicted octanol–water partition coefficient (Wildman–Crippen LogP) is 5.40. The van der Waals surface area contributed by atoms with Crippen LogP contribution in [0.4, 0.5) is 13.2 Å². The van der Waals surface area contributed by atoms with Gasteiger partial charge in [0.25, 0.3) is 0 Å². The van der Waals surface area contributed by atoms with E-state index < -0.39 is 11.9 Å². The van der Waals surface area contributed by atoms with Crippen LogP contribution in [0.1, 0.15) is 11.1 Å². The predicted molar refractivity (Wildman–Crippen MR) is 93.2 cm³/mol. The molecule has 0 fully saturated rings. The molecule has 3 aromatic carbocycles. The van der Waals surface area contributed by atoms with E-state index in [4.69, 9.17) is 4.74 Å². The molecule has 5 heteroatoms. The molecule has 0 heterocycles. The standard InChI is InChI=1S/C20H16F3NO/c1-25-18-10-8-16(9-11-18)19(20(21,22)23)24-13-14-6-7-15-4-2-3-5-17(15)12-14/h2-12H,13H2,1H3. The van der Waals surface area contributed by atoms with E-state index in [1.165, 1.54) is 31.4 Å². The Morgan fingerprint density at radius 1 is 0.920 bits per heavy atom. The summed E-state index contributed by atoms with van der Waals surface area (Å²) in [5.74, 6) is 0.500. The van der Waals surface area contributed by atoms with Gasteiger partial charge < -0.3 is 4.74 Å². The molecule has 25 heavy (non-hydrogen) atoms. The fraction of sp³-hybridized carbons (Fsp3) is 0.150. The molecule has 0 spiro atoms. The lowest BCUT2D eigenvalue weighted by Gasteiger charge is -2.12. The van der Waals surface area contributed by atoms with E-state index in [1.807, 2.05) is 36.4 Å². The Morgan fingerprint density at radius 3 is 2.24 bits per heavy atom. The number of fused-ring (bicyclic) bond motifs is 1. The van der Waals surface area contributed by atoms with Crippen LogP contribution < -0.4 is 4.74 Å². The molecule has 3 rings (SSSR count). The number of hydrogen-bond donors (Lipinski definition) is 0. The maximum absolute atomic E-state index is 13.4. The molecule has 0 aliphatic carbocycles. The SMILES string of the molecule is COc1ccc(C(=NCc2ccc3ccccc3c2)C(F)(F)F)cc1. The van der Waals surface area contributed by atoms with E-state index in [1.54, 1.807) is 6.07 Å². The van der Waals surface area contributed by atoms with Gasteiger partial charge in [0.05, 0.1) is 13.7 Å². The number of methoxy groups -OCH3 is 1. The minimum absolute atomic E-state index is 0.0223. The van der Waals surface area contributed by atoms with Crippen LogP contribution in [-0.2, 0) is 6.54 Å². The highest BCUT2D eigenvalue weighted by atomic mass is 19.4. The van der Waals surface area contributed by atoms with Gasteiger partial charge >= 0.3 is 6.18 Å². The van der Waals surface area contributed by atoms with E-state index in [-0.39, 0.29) is 12.1 Å². The Hall–Kier alpha value is -2.82. The largest absolute Gasteiger partial charge is 0.497 e. The second-order valence-corrected chi connectivity index (χ2v) is 5.57. The quantitative estimate of drug-likeness (QED) is 0.581. The van der Waals surface area contributed by atoms with Crippen LogP contribution in [0.5, 0.6) is 5.75 Å². The number of ether oxygens (including phenoxy) is 1. The monoisotopic (exact) mass is 343 g/mol. The Balaban J connectivity index is 1.92. The number of aliphatic imine (C=N–C) groups is 1. The van der Waals surface area contributed by atoms with Gasteiger partial charge in [0.15, 0.2) is 0 Å². The fourth-order valence-corrected chi connectivity index (χ4v) is 2.60. The van der Waals surface area contributed by atoms with Crippen LogP contribution in [0.3, 0.4) is 0 Å². The first-order chi connectivity index (χ1) is 12.0. The number of benzene rings is 3. The molecule has 0 bridgehead atoms. The highest BCUT2D eigenvalue weighted by Crippen LogP contribution is 2.25. The molecule has 0 aliphatic rings. The molecule has 0 saturated carbocycles. The van der Waals surface area contributed by atoms with Crippen molar-refractivity contribution in [3.8, 4) is 5.75 Å². The second-order valence-electron chi connectivity index (χ2n) is 5.57. The third kappa shape index (κ3) is 3.99. The first-order valence-corrected chi connectivity index (χ1v) is 7.71. The van der Waals surface area contributed by atoms with E-state index in [2.05, 4.69) is 4.99 Å². The van der Waals surface area contributed by atoms with E-state index in [0.717, 1.165) is 16.3 Å². The number of nitrogens with zero attached hydrogens (tertiary/aromatic N) is 1. The van der Waals surface area contributed by atoms with Crippen LogP contribution in [0.2, 0.25) is 0 Å². The van der Waals surface area contributed by atoms with Gasteiger partial charge in [-0.1, -0.05) is 36.4 Å². The topological polar surface area (TPSA) is 21.6 Å². The van der Waals surface area contributed by atoms with Crippen molar-refractivity contribution < 1.29 is 17.9 Å². The summed E-state index contributed by atoms with van der Waals surface area (Å²) in [6.45, 7) is -0.0360. The highest BCUT2D eigenvalue weighted by molar-refractivity contribution is 6.04. The molecule has 0 amide bonds. The number of halogens is 3. The van der Waals surface area contributed by atoms with Crippen LogP contribution in [-0.4, -0.2) is 19.0 Å². The zero-order valence-corrected chi connectivity index (χ0v) is 13.5. The van der Waals surface area contributed by atoms with Crippen molar-refractivity contribution in [1.29, 1.82) is 0 Å². The van der Waals surface area contributed by atoms with E-state index in [0.29, 0.717) is 5.75 Å². The summed E-state index contributed by atoms with van der Waals surface area (Å²) in [4.78, 5) is 3.85. The Labute approximate surface area is 143 Å². The molecule has 0 atom stereocenters. The molecule has 0 radical (unpaired) electrons. The minimum atomic E-state index is -4.52. The Bertz CT molecular complexity index is 899. The van der Waals surface area contributed by atoms with Gasteiger partial charge in [0, 0.05) is 5.56 Å². The van der Waals surface area contributed by atoms with Crippen LogP contribution in [0.25, 0.3) is 10.8 Å². The van der Waals surface area contributed by atoms with Gasteiger partial charge in [-0.2, -0.15) is 13.2 Å². The van der Waals surface area contributed by atoms with Gasteiger partial charge in [0.1, 0.15) is 11.5 Å². The summed E-state index contributed by atoms with van der Waals surface area (Å²) in [6, 6.07) is 19.0. The lowest BCUT2D eigenvalue weighted by molar-refractivity contribution is -0.0582. The lowest BCUT2D eigenvalue weighted by atomic mass is 10.1. The van der Waals surface area contributed by atoms with Crippen molar-refractivity contribution in [1.82, 2.24) is 0 Å². The number of alkyl halides is 3. The number of hydrogen-bond acceptors (Lipinski definition) is 2. The maximum Gasteiger partial charge on any atom is 0.433 e. The van der Waals surface area contributed by atoms with Crippen molar-refractivity contribution in [2.24, 2.45) is 4.99 Å². The summed E-state index contributed by atoms with van der Waals surface area (Å²) in [6.07, 6.45) is -4.52. The Kier molecular flexibility index (Phi) is 4.74. The molecule has 0 aromatic heterocycles. The molecular weight excluding hydrogens is 327 g/mol. The van der Waals surface area contributed by atoms with Crippen LogP contribution in [0.15, 0.2) is 71.7 Å². The van der Waals surface area contributed by atoms with Crippen LogP contribution in [0, 0.1) is 0 Å². The molecule has 3 aromatic rings. The summed E-state index contributed by atoms with van der Waals surface area (Å²) >= 11 is 0. The Morgan fingerprint density at radius 2 is 1.60 bits per heavy atom.